The summed E-state index contributed by atoms with van der Waals surface area (Å²) < 4.78 is 6.11. The Morgan fingerprint density at radius 2 is 2.16 bits per heavy atom. The van der Waals surface area contributed by atoms with Crippen LogP contribution < -0.4 is 10.6 Å². The zero-order valence-electron chi connectivity index (χ0n) is 14.8. The van der Waals surface area contributed by atoms with Crippen LogP contribution in [0.2, 0.25) is 0 Å². The molecule has 0 radical (unpaired) electrons. The zero-order chi connectivity index (χ0) is 18.4. The first kappa shape index (κ1) is 18.2. The lowest BCUT2D eigenvalue weighted by Crippen LogP contribution is -2.63. The molecular weight excluding hydrogens is 384 g/mol. The van der Waals surface area contributed by atoms with Crippen LogP contribution in [0.25, 0.3) is 0 Å². The van der Waals surface area contributed by atoms with E-state index in [0.29, 0.717) is 19.7 Å². The molecule has 132 valence electrons. The maximum atomic E-state index is 12.2. The molecule has 2 heterocycles. The van der Waals surface area contributed by atoms with Gasteiger partial charge in [-0.2, -0.15) is 0 Å². The molecule has 1 fully saturated rings. The van der Waals surface area contributed by atoms with Crippen molar-refractivity contribution < 1.29 is 14.3 Å². The van der Waals surface area contributed by atoms with E-state index in [-0.39, 0.29) is 24.0 Å². The lowest BCUT2D eigenvalue weighted by Gasteiger charge is -2.45. The maximum Gasteiger partial charge on any atom is 0.409 e. The number of benzene rings is 1. The van der Waals surface area contributed by atoms with E-state index in [1.165, 1.54) is 0 Å². The highest BCUT2D eigenvalue weighted by atomic mass is 79.9. The smallest absolute Gasteiger partial charge is 0.409 e. The highest BCUT2D eigenvalue weighted by Crippen LogP contribution is 2.49. The molecule has 2 N–H and O–H groups in total. The molecule has 2 atom stereocenters. The van der Waals surface area contributed by atoms with Crippen molar-refractivity contribution in [2.24, 2.45) is 5.73 Å². The monoisotopic (exact) mass is 405 g/mol. The third kappa shape index (κ3) is 2.92. The number of anilines is 1. The van der Waals surface area contributed by atoms with E-state index in [9.17, 15) is 9.59 Å². The number of ether oxygens (including phenoxy) is 1. The number of para-hydroxylation sites is 1. The van der Waals surface area contributed by atoms with Crippen molar-refractivity contribution in [1.29, 1.82) is 0 Å². The normalized spacial score (nSPS) is 22.3. The molecule has 2 aliphatic heterocycles. The predicted octanol–water partition coefficient (Wildman–Crippen LogP) is -0.0112. The molecule has 25 heavy (non-hydrogen) atoms. The van der Waals surface area contributed by atoms with Gasteiger partial charge in [-0.1, -0.05) is 12.1 Å². The van der Waals surface area contributed by atoms with Gasteiger partial charge in [0.2, 0.25) is 5.91 Å². The van der Waals surface area contributed by atoms with Crippen molar-refractivity contribution in [3.63, 3.8) is 0 Å². The number of piperidine rings is 1. The van der Waals surface area contributed by atoms with Crippen molar-refractivity contribution in [3.8, 4) is 0 Å². The molecule has 0 spiro atoms. The van der Waals surface area contributed by atoms with Gasteiger partial charge in [0.25, 0.3) is 0 Å². The minimum absolute atomic E-state index is 0.127. The van der Waals surface area contributed by atoms with E-state index in [1.807, 2.05) is 34.7 Å². The second-order valence-corrected chi connectivity index (χ2v) is 7.93. The Balaban J connectivity index is 2.01. The van der Waals surface area contributed by atoms with Crippen molar-refractivity contribution in [2.45, 2.75) is 30.6 Å². The number of hydrogen-bond donors (Lipinski definition) is 1. The summed E-state index contributed by atoms with van der Waals surface area (Å²) in [6.07, 6.45) is 0.492. The van der Waals surface area contributed by atoms with Crippen LogP contribution in [0.1, 0.15) is 24.8 Å². The number of hydrogen-bond acceptors (Lipinski definition) is 4. The van der Waals surface area contributed by atoms with Crippen LogP contribution in [0, 0.1) is 0 Å². The Morgan fingerprint density at radius 3 is 2.80 bits per heavy atom. The number of rotatable bonds is 3. The number of nitrogens with zero attached hydrogens (tertiary/aromatic N) is 2. The fourth-order valence-corrected chi connectivity index (χ4v) is 4.57. The first-order chi connectivity index (χ1) is 11.8. The number of nitrogens with two attached hydrogens (primary N) is 1. The van der Waals surface area contributed by atoms with Gasteiger partial charge >= 0.3 is 6.09 Å². The topological polar surface area (TPSA) is 75.9 Å². The lowest BCUT2D eigenvalue weighted by atomic mass is 9.59. The highest BCUT2D eigenvalue weighted by Gasteiger charge is 2.50. The largest absolute Gasteiger partial charge is 0.450 e. The minimum atomic E-state index is -0.815. The Labute approximate surface area is 158 Å². The summed E-state index contributed by atoms with van der Waals surface area (Å²) in [5.41, 5.74) is 7.86. The summed E-state index contributed by atoms with van der Waals surface area (Å²) in [6.45, 7) is 3.37. The molecule has 0 aromatic heterocycles. The van der Waals surface area contributed by atoms with Crippen LogP contribution in [-0.4, -0.2) is 63.7 Å². The molecule has 3 rings (SSSR count). The van der Waals surface area contributed by atoms with Gasteiger partial charge in [0, 0.05) is 29.5 Å². The average Bonchev–Trinajstić information content (AvgIpc) is 2.90. The Kier molecular flexibility index (Phi) is 4.79. The number of carbonyl (C=O) groups is 2. The molecule has 6 nitrogen and oxygen atoms in total. The molecular formula is C16H22B2BrN3O3. The van der Waals surface area contributed by atoms with Crippen LogP contribution in [0.5, 0.6) is 0 Å². The average molecular weight is 406 g/mol. The minimum Gasteiger partial charge on any atom is -0.450 e. The van der Waals surface area contributed by atoms with Crippen molar-refractivity contribution in [2.75, 3.05) is 24.6 Å². The van der Waals surface area contributed by atoms with Crippen LogP contribution >= 0.6 is 15.9 Å². The molecule has 0 saturated carbocycles. The maximum absolute atomic E-state index is 12.2. The van der Waals surface area contributed by atoms with Gasteiger partial charge in [0.1, 0.15) is 15.7 Å². The number of likely N-dealkylation sites (tertiary alicyclic amines) is 1. The summed E-state index contributed by atoms with van der Waals surface area (Å²) in [6, 6.07) is 6.17. The van der Waals surface area contributed by atoms with Gasteiger partial charge in [-0.3, -0.25) is 4.79 Å². The van der Waals surface area contributed by atoms with Crippen molar-refractivity contribution in [1.82, 2.24) is 4.90 Å². The first-order valence-corrected chi connectivity index (χ1v) is 9.37. The molecule has 0 aliphatic carbocycles. The van der Waals surface area contributed by atoms with Crippen molar-refractivity contribution >= 4 is 49.3 Å². The number of halogens is 1. The Bertz CT molecular complexity index is 716. The highest BCUT2D eigenvalue weighted by molar-refractivity contribution is 9.10. The third-order valence-corrected chi connectivity index (χ3v) is 5.94. The molecule has 0 bridgehead atoms. The van der Waals surface area contributed by atoms with E-state index in [4.69, 9.17) is 10.5 Å². The van der Waals surface area contributed by atoms with E-state index >= 15 is 0 Å². The van der Waals surface area contributed by atoms with Gasteiger partial charge in [-0.15, -0.1) is 0 Å². The van der Waals surface area contributed by atoms with Crippen LogP contribution in [0.4, 0.5) is 10.5 Å². The molecule has 1 saturated heterocycles. The zero-order valence-corrected chi connectivity index (χ0v) is 16.4. The van der Waals surface area contributed by atoms with Gasteiger partial charge in [-0.25, -0.2) is 4.79 Å². The summed E-state index contributed by atoms with van der Waals surface area (Å²) >= 11 is 3.63. The molecule has 9 heteroatoms. The quantitative estimate of drug-likeness (QED) is 0.718. The third-order valence-electron chi connectivity index (χ3n) is 5.30. The lowest BCUT2D eigenvalue weighted by molar-refractivity contribution is -0.118. The second-order valence-electron chi connectivity index (χ2n) is 7.08. The number of amides is 2. The SMILES string of the molecule is BC(B)(C(N)=O)N1c2c(Br)cccc2C2CN(C(=O)OCC)CCC21. The molecule has 2 unspecified atom stereocenters. The molecule has 1 aromatic rings. The Hall–Kier alpha value is -1.63. The van der Waals surface area contributed by atoms with Gasteiger partial charge in [-0.05, 0) is 40.9 Å². The first-order valence-electron chi connectivity index (χ1n) is 8.58. The second kappa shape index (κ2) is 6.59. The molecule has 2 amide bonds. The molecule has 1 aromatic carbocycles. The van der Waals surface area contributed by atoms with E-state index in [1.54, 1.807) is 4.90 Å². The van der Waals surface area contributed by atoms with Gasteiger partial charge in [0.15, 0.2) is 0 Å². The number of primary amides is 1. The van der Waals surface area contributed by atoms with Crippen LogP contribution in [0.3, 0.4) is 0 Å². The summed E-state index contributed by atoms with van der Waals surface area (Å²) in [4.78, 5) is 28.2. The van der Waals surface area contributed by atoms with Gasteiger partial charge < -0.3 is 20.3 Å². The van der Waals surface area contributed by atoms with Gasteiger partial charge in [0.05, 0.1) is 17.6 Å². The number of fused-ring (bicyclic) bond motifs is 3. The summed E-state index contributed by atoms with van der Waals surface area (Å²) in [7, 11) is 3.72. The molecule has 2 aliphatic rings. The van der Waals surface area contributed by atoms with Crippen molar-refractivity contribution in [3.05, 3.63) is 28.2 Å². The fourth-order valence-electron chi connectivity index (χ4n) is 4.00. The number of carbonyl (C=O) groups excluding carboxylic acids is 2. The van der Waals surface area contributed by atoms with Crippen LogP contribution in [0.15, 0.2) is 22.7 Å². The van der Waals surface area contributed by atoms with Crippen LogP contribution in [-0.2, 0) is 9.53 Å². The fraction of sp³-hybridized carbons (Fsp3) is 0.500. The summed E-state index contributed by atoms with van der Waals surface area (Å²) in [5, 5.41) is -0.815. The van der Waals surface area contributed by atoms with E-state index in [2.05, 4.69) is 26.9 Å². The van der Waals surface area contributed by atoms with E-state index < -0.39 is 5.34 Å². The standard InChI is InChI=1S/C16H22B2BrN3O3/c1-2-25-15(24)21-7-6-12-10(8-21)9-4-3-5-11(19)13(9)22(12)16(17,18)14(20)23/h3-5,10,12H,2,6-8,17-18H2,1H3,(H2,20,23). The van der Waals surface area contributed by atoms with E-state index in [0.717, 1.165) is 22.1 Å². The Morgan fingerprint density at radius 1 is 1.44 bits per heavy atom. The summed E-state index contributed by atoms with van der Waals surface area (Å²) in [5.74, 6) is -0.230. The predicted molar refractivity (Wildman–Crippen MR) is 105 cm³/mol.